The first-order valence-corrected chi connectivity index (χ1v) is 9.04. The van der Waals surface area contributed by atoms with Crippen molar-refractivity contribution in [3.8, 4) is 11.3 Å². The molecule has 0 radical (unpaired) electrons. The highest BCUT2D eigenvalue weighted by Crippen LogP contribution is 2.33. The van der Waals surface area contributed by atoms with Gasteiger partial charge >= 0.3 is 0 Å². The summed E-state index contributed by atoms with van der Waals surface area (Å²) < 4.78 is 13.9. The maximum Gasteiger partial charge on any atom is 0.160 e. The van der Waals surface area contributed by atoms with Crippen LogP contribution in [0.5, 0.6) is 0 Å². The van der Waals surface area contributed by atoms with Crippen molar-refractivity contribution in [2.75, 3.05) is 5.73 Å². The molecular weight excluding hydrogens is 357 g/mol. The van der Waals surface area contributed by atoms with Crippen LogP contribution in [0.4, 0.5) is 10.2 Å². The smallest absolute Gasteiger partial charge is 0.160 e. The van der Waals surface area contributed by atoms with Gasteiger partial charge in [-0.2, -0.15) is 0 Å². The van der Waals surface area contributed by atoms with Crippen LogP contribution in [0.1, 0.15) is 25.1 Å². The van der Waals surface area contributed by atoms with E-state index in [4.69, 9.17) is 11.5 Å². The number of nitrogen functional groups attached to an aromatic ring is 1. The zero-order valence-electron chi connectivity index (χ0n) is 15.1. The molecule has 6 nitrogen and oxygen atoms in total. The lowest BCUT2D eigenvalue weighted by atomic mass is 9.91. The Kier molecular flexibility index (Phi) is 4.65. The molecule has 2 aromatic heterocycles. The van der Waals surface area contributed by atoms with Crippen molar-refractivity contribution in [1.82, 2.24) is 15.0 Å². The Hall–Kier alpha value is -3.48. The number of rotatable bonds is 3. The topological polar surface area (TPSA) is 111 Å². The number of pyridine rings is 1. The molecule has 1 atom stereocenters. The molecule has 0 spiro atoms. The van der Waals surface area contributed by atoms with Gasteiger partial charge in [0.1, 0.15) is 17.4 Å². The zero-order chi connectivity index (χ0) is 19.7. The van der Waals surface area contributed by atoms with E-state index in [0.717, 1.165) is 29.0 Å². The van der Waals surface area contributed by atoms with Gasteiger partial charge in [0.15, 0.2) is 5.82 Å². The van der Waals surface area contributed by atoms with E-state index < -0.39 is 5.83 Å². The molecule has 2 aliphatic rings. The third-order valence-corrected chi connectivity index (χ3v) is 4.86. The second kappa shape index (κ2) is 7.26. The van der Waals surface area contributed by atoms with Gasteiger partial charge in [-0.25, -0.2) is 14.4 Å². The van der Waals surface area contributed by atoms with E-state index in [-0.39, 0.29) is 23.9 Å². The van der Waals surface area contributed by atoms with Crippen LogP contribution >= 0.6 is 0 Å². The van der Waals surface area contributed by atoms with Gasteiger partial charge in [0, 0.05) is 41.9 Å². The largest absolute Gasteiger partial charge is 0.505 e. The summed E-state index contributed by atoms with van der Waals surface area (Å²) in [7, 11) is 0. The molecule has 0 saturated carbocycles. The minimum Gasteiger partial charge on any atom is -0.505 e. The van der Waals surface area contributed by atoms with Crippen molar-refractivity contribution in [2.45, 2.75) is 19.3 Å². The fourth-order valence-electron chi connectivity index (χ4n) is 3.41. The summed E-state index contributed by atoms with van der Waals surface area (Å²) in [5.74, 6) is -0.738. The van der Waals surface area contributed by atoms with Crippen LogP contribution in [-0.2, 0) is 0 Å². The van der Waals surface area contributed by atoms with Crippen molar-refractivity contribution in [3.05, 3.63) is 64.7 Å². The molecule has 0 saturated heterocycles. The fraction of sp³-hybridized carbons (Fsp3) is 0.190. The van der Waals surface area contributed by atoms with Gasteiger partial charge in [0.25, 0.3) is 0 Å². The number of halogens is 1. The number of allylic oxidation sites excluding steroid dienone is 4. The predicted molar refractivity (Wildman–Crippen MR) is 107 cm³/mol. The van der Waals surface area contributed by atoms with E-state index in [1.165, 1.54) is 12.3 Å². The molecule has 1 unspecified atom stereocenters. The van der Waals surface area contributed by atoms with Crippen LogP contribution in [0.15, 0.2) is 48.3 Å². The minimum absolute atomic E-state index is 0.00987. The molecule has 2 aliphatic carbocycles. The SMILES string of the molecule is NC=C(c1nc(N)cc(-c2cnc3c(c2)=CCCC=3)n1)C1C=CC(O)=C(F)C1. The molecule has 4 rings (SSSR count). The highest BCUT2D eigenvalue weighted by Gasteiger charge is 2.23. The number of anilines is 1. The molecule has 0 amide bonds. The van der Waals surface area contributed by atoms with E-state index in [2.05, 4.69) is 27.1 Å². The molecule has 28 heavy (non-hydrogen) atoms. The summed E-state index contributed by atoms with van der Waals surface area (Å²) in [5, 5.41) is 11.5. The average molecular weight is 377 g/mol. The highest BCUT2D eigenvalue weighted by atomic mass is 19.1. The van der Waals surface area contributed by atoms with Crippen LogP contribution < -0.4 is 22.0 Å². The number of aliphatic hydroxyl groups is 1. The lowest BCUT2D eigenvalue weighted by Gasteiger charge is -2.19. The predicted octanol–water partition coefficient (Wildman–Crippen LogP) is 2.09. The number of hydrogen-bond acceptors (Lipinski definition) is 6. The van der Waals surface area contributed by atoms with Gasteiger partial charge in [-0.15, -0.1) is 0 Å². The fourth-order valence-corrected chi connectivity index (χ4v) is 3.41. The van der Waals surface area contributed by atoms with E-state index in [1.807, 2.05) is 6.07 Å². The van der Waals surface area contributed by atoms with Gasteiger partial charge in [-0.3, -0.25) is 4.98 Å². The Balaban J connectivity index is 1.75. The molecule has 142 valence electrons. The lowest BCUT2D eigenvalue weighted by molar-refractivity contribution is 0.382. The number of aromatic nitrogens is 3. The summed E-state index contributed by atoms with van der Waals surface area (Å²) in [6.07, 6.45) is 12.3. The maximum atomic E-state index is 13.9. The van der Waals surface area contributed by atoms with Crippen molar-refractivity contribution in [2.24, 2.45) is 11.7 Å². The summed E-state index contributed by atoms with van der Waals surface area (Å²) in [5.41, 5.74) is 13.8. The second-order valence-corrected chi connectivity index (χ2v) is 6.77. The Morgan fingerprint density at radius 2 is 2.04 bits per heavy atom. The molecule has 7 heteroatoms. The highest BCUT2D eigenvalue weighted by molar-refractivity contribution is 5.69. The van der Waals surface area contributed by atoms with Crippen molar-refractivity contribution in [3.63, 3.8) is 0 Å². The van der Waals surface area contributed by atoms with E-state index in [0.29, 0.717) is 17.1 Å². The third-order valence-electron chi connectivity index (χ3n) is 4.86. The van der Waals surface area contributed by atoms with Gasteiger partial charge in [0.2, 0.25) is 0 Å². The summed E-state index contributed by atoms with van der Waals surface area (Å²) in [6.45, 7) is 0. The molecule has 0 bridgehead atoms. The molecule has 0 fully saturated rings. The maximum absolute atomic E-state index is 13.9. The Morgan fingerprint density at radius 3 is 2.82 bits per heavy atom. The molecular formula is C21H20FN5O. The monoisotopic (exact) mass is 377 g/mol. The zero-order valence-corrected chi connectivity index (χ0v) is 15.1. The van der Waals surface area contributed by atoms with Crippen molar-refractivity contribution >= 4 is 23.5 Å². The van der Waals surface area contributed by atoms with Crippen LogP contribution in [0.3, 0.4) is 0 Å². The van der Waals surface area contributed by atoms with Gasteiger partial charge in [-0.1, -0.05) is 18.2 Å². The number of nitrogens with zero attached hydrogens (tertiary/aromatic N) is 3. The Bertz CT molecular complexity index is 1150. The molecule has 5 N–H and O–H groups in total. The number of fused-ring (bicyclic) bond motifs is 1. The van der Waals surface area contributed by atoms with Crippen molar-refractivity contribution < 1.29 is 9.50 Å². The molecule has 2 aromatic rings. The summed E-state index contributed by atoms with van der Waals surface area (Å²) >= 11 is 0. The van der Waals surface area contributed by atoms with Crippen LogP contribution in [0.25, 0.3) is 29.0 Å². The van der Waals surface area contributed by atoms with E-state index >= 15 is 0 Å². The minimum atomic E-state index is -0.596. The van der Waals surface area contributed by atoms with Gasteiger partial charge in [0.05, 0.1) is 11.0 Å². The average Bonchev–Trinajstić information content (AvgIpc) is 2.70. The number of nitrogens with two attached hydrogens (primary N) is 2. The summed E-state index contributed by atoms with van der Waals surface area (Å²) in [6, 6.07) is 3.70. The normalized spacial score (nSPS) is 19.0. The second-order valence-electron chi connectivity index (χ2n) is 6.77. The number of aliphatic hydroxyl groups excluding tert-OH is 1. The molecule has 0 aliphatic heterocycles. The van der Waals surface area contributed by atoms with E-state index in [1.54, 1.807) is 18.3 Å². The van der Waals surface area contributed by atoms with Crippen molar-refractivity contribution in [1.29, 1.82) is 0 Å². The lowest BCUT2D eigenvalue weighted by Crippen LogP contribution is -2.29. The van der Waals surface area contributed by atoms with E-state index in [9.17, 15) is 9.50 Å². The first kappa shape index (κ1) is 17.9. The van der Waals surface area contributed by atoms with Crippen LogP contribution in [0, 0.1) is 5.92 Å². The molecule has 2 heterocycles. The van der Waals surface area contributed by atoms with Gasteiger partial charge < -0.3 is 16.6 Å². The Labute approximate surface area is 161 Å². The first-order valence-electron chi connectivity index (χ1n) is 9.04. The first-order chi connectivity index (χ1) is 13.5. The molecule has 0 aromatic carbocycles. The summed E-state index contributed by atoms with van der Waals surface area (Å²) in [4.78, 5) is 13.4. The van der Waals surface area contributed by atoms with Gasteiger partial charge in [-0.05, 0) is 30.2 Å². The quantitative estimate of drug-likeness (QED) is 0.755. The van der Waals surface area contributed by atoms with Crippen LogP contribution in [-0.4, -0.2) is 20.1 Å². The van der Waals surface area contributed by atoms with Crippen LogP contribution in [0.2, 0.25) is 0 Å². The Morgan fingerprint density at radius 1 is 1.21 bits per heavy atom. The number of hydrogen-bond donors (Lipinski definition) is 3. The standard InChI is InChI=1S/C21H20FN5O/c22-16-8-12(5-6-19(16)28)15(10-23)21-26-18(9-20(24)27-21)14-7-13-3-1-2-4-17(13)25-11-14/h3-7,9-12,28H,1-2,8,23H2,(H2,24,26,27). The third kappa shape index (κ3) is 3.38.